The number of nitrogens with two attached hydrogens (primary N) is 1. The molecule has 0 bridgehead atoms. The smallest absolute Gasteiger partial charge is 0.354 e. The maximum atomic E-state index is 11.7. The molecule has 0 aliphatic rings. The molecule has 0 saturated carbocycles. The lowest BCUT2D eigenvalue weighted by Gasteiger charge is -2.01. The zero-order valence-corrected chi connectivity index (χ0v) is 13.1. The van der Waals surface area contributed by atoms with Crippen LogP contribution in [0.15, 0.2) is 41.1 Å². The fourth-order valence-corrected chi connectivity index (χ4v) is 2.37. The van der Waals surface area contributed by atoms with Crippen LogP contribution < -0.4 is 5.73 Å². The van der Waals surface area contributed by atoms with Gasteiger partial charge < -0.3 is 20.0 Å². The molecule has 0 unspecified atom stereocenters. The molecule has 3 aromatic rings. The van der Waals surface area contributed by atoms with Crippen molar-refractivity contribution in [1.29, 1.82) is 0 Å². The van der Waals surface area contributed by atoms with Gasteiger partial charge in [-0.1, -0.05) is 28.9 Å². The van der Waals surface area contributed by atoms with E-state index in [-0.39, 0.29) is 5.82 Å². The van der Waals surface area contributed by atoms with Crippen LogP contribution in [0.5, 0.6) is 0 Å². The van der Waals surface area contributed by atoms with E-state index in [1.54, 1.807) is 31.3 Å². The number of carbonyl (C=O) groups is 1. The number of esters is 1. The van der Waals surface area contributed by atoms with Gasteiger partial charge in [0.25, 0.3) is 0 Å². The Bertz CT molecular complexity index is 837. The molecule has 0 atom stereocenters. The van der Waals surface area contributed by atoms with Crippen LogP contribution in [0.4, 0.5) is 5.82 Å². The molecule has 6 nitrogen and oxygen atoms in total. The lowest BCUT2D eigenvalue weighted by atomic mass is 10.0. The third-order valence-corrected chi connectivity index (χ3v) is 3.54. The van der Waals surface area contributed by atoms with Gasteiger partial charge in [-0.3, -0.25) is 0 Å². The third-order valence-electron chi connectivity index (χ3n) is 3.29. The number of anilines is 1. The number of ether oxygens (including phenoxy) is 1. The minimum atomic E-state index is -0.431. The van der Waals surface area contributed by atoms with Crippen molar-refractivity contribution in [3.05, 3.63) is 47.2 Å². The van der Waals surface area contributed by atoms with Crippen molar-refractivity contribution in [3.63, 3.8) is 0 Å². The highest BCUT2D eigenvalue weighted by atomic mass is 35.5. The molecule has 2 aromatic heterocycles. The summed E-state index contributed by atoms with van der Waals surface area (Å²) < 4.78 is 10.3. The van der Waals surface area contributed by atoms with E-state index in [4.69, 9.17) is 26.6 Å². The summed E-state index contributed by atoms with van der Waals surface area (Å²) in [5.74, 6) is 0.303. The van der Waals surface area contributed by atoms with Crippen LogP contribution in [0.3, 0.4) is 0 Å². The van der Waals surface area contributed by atoms with Gasteiger partial charge in [0.1, 0.15) is 5.69 Å². The van der Waals surface area contributed by atoms with Gasteiger partial charge in [0, 0.05) is 16.8 Å². The lowest BCUT2D eigenvalue weighted by Crippen LogP contribution is -2.04. The van der Waals surface area contributed by atoms with Gasteiger partial charge in [-0.15, -0.1) is 0 Å². The van der Waals surface area contributed by atoms with Crippen LogP contribution in [0.2, 0.25) is 5.02 Å². The summed E-state index contributed by atoms with van der Waals surface area (Å²) in [7, 11) is 0. The van der Waals surface area contributed by atoms with Crippen molar-refractivity contribution < 1.29 is 14.1 Å². The Morgan fingerprint density at radius 1 is 1.35 bits per heavy atom. The molecule has 0 spiro atoms. The Morgan fingerprint density at radius 2 is 2.09 bits per heavy atom. The number of rotatable bonds is 4. The average molecular weight is 332 g/mol. The van der Waals surface area contributed by atoms with Crippen LogP contribution in [0.25, 0.3) is 22.5 Å². The second-order valence-electron chi connectivity index (χ2n) is 4.80. The van der Waals surface area contributed by atoms with E-state index in [2.05, 4.69) is 10.1 Å². The summed E-state index contributed by atoms with van der Waals surface area (Å²) in [6.45, 7) is 2.05. The summed E-state index contributed by atoms with van der Waals surface area (Å²) >= 11 is 5.91. The zero-order valence-electron chi connectivity index (χ0n) is 12.3. The molecule has 0 radical (unpaired) electrons. The first-order valence-corrected chi connectivity index (χ1v) is 7.35. The monoisotopic (exact) mass is 331 g/mol. The number of benzene rings is 1. The Morgan fingerprint density at radius 3 is 2.78 bits per heavy atom. The maximum absolute atomic E-state index is 11.7. The first-order chi connectivity index (χ1) is 11.1. The van der Waals surface area contributed by atoms with Crippen LogP contribution in [-0.4, -0.2) is 22.7 Å². The largest absolute Gasteiger partial charge is 0.461 e. The van der Waals surface area contributed by atoms with Crippen LogP contribution in [0, 0.1) is 0 Å². The second-order valence-corrected chi connectivity index (χ2v) is 5.24. The first-order valence-electron chi connectivity index (χ1n) is 6.97. The molecule has 1 aromatic carbocycles. The maximum Gasteiger partial charge on any atom is 0.354 e. The zero-order chi connectivity index (χ0) is 16.4. The predicted octanol–water partition coefficient (Wildman–Crippen LogP) is 3.75. The average Bonchev–Trinajstić information content (AvgIpc) is 3.15. The number of H-pyrrole nitrogens is 1. The standard InChI is InChI=1S/C16H14ClN3O3/c1-2-22-16(21)12-7-10(8-19-12)14-13(15(18)20-23-14)9-3-5-11(17)6-4-9/h3-8,19H,2H2,1H3,(H2,18,20). The number of hydrogen-bond donors (Lipinski definition) is 2. The highest BCUT2D eigenvalue weighted by Crippen LogP contribution is 2.37. The van der Waals surface area contributed by atoms with Crippen molar-refractivity contribution in [2.75, 3.05) is 12.3 Å². The molecule has 118 valence electrons. The molecule has 0 aliphatic carbocycles. The van der Waals surface area contributed by atoms with Crippen LogP contribution >= 0.6 is 11.6 Å². The minimum Gasteiger partial charge on any atom is -0.461 e. The topological polar surface area (TPSA) is 94.1 Å². The van der Waals surface area contributed by atoms with E-state index >= 15 is 0 Å². The Kier molecular flexibility index (Phi) is 4.08. The van der Waals surface area contributed by atoms with Gasteiger partial charge >= 0.3 is 5.97 Å². The Hall–Kier alpha value is -2.73. The number of nitrogens with one attached hydrogen (secondary N) is 1. The van der Waals surface area contributed by atoms with E-state index in [0.29, 0.717) is 34.2 Å². The summed E-state index contributed by atoms with van der Waals surface area (Å²) in [6, 6.07) is 8.81. The third kappa shape index (κ3) is 2.93. The molecule has 0 amide bonds. The van der Waals surface area contributed by atoms with Gasteiger partial charge in [-0.05, 0) is 30.7 Å². The number of nitrogens with zero attached hydrogens (tertiary/aromatic N) is 1. The van der Waals surface area contributed by atoms with Gasteiger partial charge in [-0.25, -0.2) is 4.79 Å². The molecular weight excluding hydrogens is 318 g/mol. The fraction of sp³-hybridized carbons (Fsp3) is 0.125. The number of aromatic amines is 1. The number of aromatic nitrogens is 2. The fourth-order valence-electron chi connectivity index (χ4n) is 2.25. The highest BCUT2D eigenvalue weighted by molar-refractivity contribution is 6.30. The van der Waals surface area contributed by atoms with Crippen molar-refractivity contribution in [2.45, 2.75) is 6.92 Å². The Labute approximate surface area is 137 Å². The quantitative estimate of drug-likeness (QED) is 0.710. The molecule has 3 rings (SSSR count). The predicted molar refractivity (Wildman–Crippen MR) is 87.1 cm³/mol. The van der Waals surface area contributed by atoms with Gasteiger partial charge in [0.2, 0.25) is 0 Å². The molecule has 23 heavy (non-hydrogen) atoms. The molecule has 3 N–H and O–H groups in total. The van der Waals surface area contributed by atoms with Crippen molar-refractivity contribution in [2.24, 2.45) is 0 Å². The highest BCUT2D eigenvalue weighted by Gasteiger charge is 2.20. The van der Waals surface area contributed by atoms with Crippen molar-refractivity contribution in [3.8, 4) is 22.5 Å². The van der Waals surface area contributed by atoms with Gasteiger partial charge in [0.15, 0.2) is 11.6 Å². The molecule has 7 heteroatoms. The van der Waals surface area contributed by atoms with Crippen molar-refractivity contribution >= 4 is 23.4 Å². The first kappa shape index (κ1) is 15.2. The van der Waals surface area contributed by atoms with Crippen molar-refractivity contribution in [1.82, 2.24) is 10.1 Å². The van der Waals surface area contributed by atoms with Crippen LogP contribution in [0.1, 0.15) is 17.4 Å². The van der Waals surface area contributed by atoms with E-state index in [1.807, 2.05) is 12.1 Å². The number of carbonyl (C=O) groups excluding carboxylic acids is 1. The van der Waals surface area contributed by atoms with Gasteiger partial charge in [-0.2, -0.15) is 0 Å². The summed E-state index contributed by atoms with van der Waals surface area (Å²) in [4.78, 5) is 14.6. The van der Waals surface area contributed by atoms with E-state index in [9.17, 15) is 4.79 Å². The summed E-state index contributed by atoms with van der Waals surface area (Å²) in [5, 5.41) is 4.44. The van der Waals surface area contributed by atoms with Crippen LogP contribution in [-0.2, 0) is 4.74 Å². The normalized spacial score (nSPS) is 10.7. The molecular formula is C16H14ClN3O3. The molecule has 0 fully saturated rings. The molecule has 0 saturated heterocycles. The SMILES string of the molecule is CCOC(=O)c1cc(-c2onc(N)c2-c2ccc(Cl)cc2)c[nH]1. The van der Waals surface area contributed by atoms with Gasteiger partial charge in [0.05, 0.1) is 12.2 Å². The Balaban J connectivity index is 2.02. The minimum absolute atomic E-state index is 0.265. The second kappa shape index (κ2) is 6.18. The lowest BCUT2D eigenvalue weighted by molar-refractivity contribution is 0.0520. The number of halogens is 1. The van der Waals surface area contributed by atoms with E-state index < -0.39 is 5.97 Å². The number of nitrogen functional groups attached to an aromatic ring is 1. The summed E-state index contributed by atoms with van der Waals surface area (Å²) in [6.07, 6.45) is 1.64. The van der Waals surface area contributed by atoms with E-state index in [0.717, 1.165) is 5.56 Å². The summed E-state index contributed by atoms with van der Waals surface area (Å²) in [5.41, 5.74) is 8.38. The molecule has 2 heterocycles. The van der Waals surface area contributed by atoms with E-state index in [1.165, 1.54) is 0 Å². The number of hydrogen-bond acceptors (Lipinski definition) is 5. The molecule has 0 aliphatic heterocycles.